The maximum Gasteiger partial charge on any atom is 0.120 e. The highest BCUT2D eigenvalue weighted by Crippen LogP contribution is 2.39. The molecule has 3 nitrogen and oxygen atoms in total. The zero-order valence-electron chi connectivity index (χ0n) is 17.1. The van der Waals surface area contributed by atoms with Gasteiger partial charge in [-0.2, -0.15) is 0 Å². The molecule has 0 unspecified atom stereocenters. The van der Waals surface area contributed by atoms with Crippen LogP contribution in [0.25, 0.3) is 0 Å². The molecule has 2 aliphatic carbocycles. The molecule has 3 heteroatoms. The highest BCUT2D eigenvalue weighted by Gasteiger charge is 2.33. The van der Waals surface area contributed by atoms with Crippen LogP contribution in [0.4, 0.5) is 0 Å². The molecule has 1 aromatic rings. The fraction of sp³-hybridized carbons (Fsp3) is 0.739. The third-order valence-corrected chi connectivity index (χ3v) is 6.88. The molecule has 0 amide bonds. The highest BCUT2D eigenvalue weighted by molar-refractivity contribution is 5.38. The van der Waals surface area contributed by atoms with E-state index in [0.717, 1.165) is 30.9 Å². The molecule has 2 atom stereocenters. The summed E-state index contributed by atoms with van der Waals surface area (Å²) in [5.41, 5.74) is 8.97. The van der Waals surface area contributed by atoms with Crippen LogP contribution in [-0.2, 0) is 12.8 Å². The van der Waals surface area contributed by atoms with Gasteiger partial charge in [-0.05, 0) is 92.4 Å². The van der Waals surface area contributed by atoms with Crippen molar-refractivity contribution in [1.82, 2.24) is 0 Å². The molecule has 2 aliphatic rings. The first-order valence-electron chi connectivity index (χ1n) is 10.4. The van der Waals surface area contributed by atoms with E-state index in [2.05, 4.69) is 39.0 Å². The normalized spacial score (nSPS) is 28.9. The fourth-order valence-corrected chi connectivity index (χ4v) is 4.74. The second-order valence-corrected chi connectivity index (χ2v) is 9.99. The largest absolute Gasteiger partial charge is 0.490 e. The molecule has 0 bridgehead atoms. The Bertz CT molecular complexity index is 609. The Labute approximate surface area is 159 Å². The first-order valence-corrected chi connectivity index (χ1v) is 10.4. The monoisotopic (exact) mass is 359 g/mol. The van der Waals surface area contributed by atoms with Crippen LogP contribution in [0.15, 0.2) is 18.2 Å². The number of ether oxygens (including phenoxy) is 1. The van der Waals surface area contributed by atoms with Gasteiger partial charge in [-0.1, -0.05) is 26.8 Å². The average Bonchev–Trinajstić information content (AvgIpc) is 2.61. The Morgan fingerprint density at radius 2 is 1.69 bits per heavy atom. The third kappa shape index (κ3) is 4.43. The predicted octanol–water partition coefficient (Wildman–Crippen LogP) is 4.48. The van der Waals surface area contributed by atoms with Gasteiger partial charge < -0.3 is 15.6 Å². The molecule has 3 rings (SSSR count). The second kappa shape index (κ2) is 7.52. The molecular weight excluding hydrogens is 322 g/mol. The van der Waals surface area contributed by atoms with Crippen LogP contribution >= 0.6 is 0 Å². The van der Waals surface area contributed by atoms with Crippen LogP contribution in [0, 0.1) is 17.3 Å². The third-order valence-electron chi connectivity index (χ3n) is 6.88. The Balaban J connectivity index is 1.59. The predicted molar refractivity (Wildman–Crippen MR) is 107 cm³/mol. The number of fused-ring (bicyclic) bond motifs is 1. The van der Waals surface area contributed by atoms with Crippen LogP contribution in [0.5, 0.6) is 5.75 Å². The summed E-state index contributed by atoms with van der Waals surface area (Å²) in [5.74, 6) is 2.19. The van der Waals surface area contributed by atoms with Gasteiger partial charge in [0, 0.05) is 5.54 Å². The smallest absolute Gasteiger partial charge is 0.120 e. The van der Waals surface area contributed by atoms with Gasteiger partial charge >= 0.3 is 0 Å². The van der Waals surface area contributed by atoms with Gasteiger partial charge in [0.15, 0.2) is 0 Å². The van der Waals surface area contributed by atoms with Gasteiger partial charge in [-0.15, -0.1) is 0 Å². The molecule has 0 aromatic heterocycles. The van der Waals surface area contributed by atoms with Gasteiger partial charge in [0.1, 0.15) is 5.75 Å². The van der Waals surface area contributed by atoms with E-state index < -0.39 is 5.54 Å². The van der Waals surface area contributed by atoms with Gasteiger partial charge in [0.05, 0.1) is 12.7 Å². The van der Waals surface area contributed by atoms with Crippen LogP contribution in [0.1, 0.15) is 70.9 Å². The summed E-state index contributed by atoms with van der Waals surface area (Å²) in [6.07, 6.45) is 8.28. The number of hydrogen-bond donors (Lipinski definition) is 2. The van der Waals surface area contributed by atoms with Gasteiger partial charge in [0.25, 0.3) is 0 Å². The van der Waals surface area contributed by atoms with Crippen molar-refractivity contribution in [2.24, 2.45) is 23.0 Å². The molecule has 0 spiro atoms. The Morgan fingerprint density at radius 1 is 1.00 bits per heavy atom. The topological polar surface area (TPSA) is 55.5 Å². The van der Waals surface area contributed by atoms with Crippen LogP contribution < -0.4 is 10.5 Å². The lowest BCUT2D eigenvalue weighted by atomic mass is 9.72. The van der Waals surface area contributed by atoms with E-state index in [0.29, 0.717) is 17.4 Å². The first-order chi connectivity index (χ1) is 12.2. The van der Waals surface area contributed by atoms with E-state index in [-0.39, 0.29) is 6.61 Å². The molecular formula is C23H37NO2. The standard InChI is InChI=1S/C23H37NO2/c1-22(2,3)18-8-11-20(12-9-18)26-21-10-6-16-13-19(23(4,24)15-25)7-5-17(16)14-21/h6,10,14,18-20,25H,5,7-9,11-13,15,24H2,1-4H3/t18-,19-,20-,23-/m0/s1. The molecule has 1 saturated carbocycles. The molecule has 0 saturated heterocycles. The molecule has 0 radical (unpaired) electrons. The summed E-state index contributed by atoms with van der Waals surface area (Å²) in [4.78, 5) is 0. The Morgan fingerprint density at radius 3 is 2.31 bits per heavy atom. The summed E-state index contributed by atoms with van der Waals surface area (Å²) < 4.78 is 6.33. The lowest BCUT2D eigenvalue weighted by molar-refractivity contribution is 0.0880. The number of rotatable bonds is 4. The number of hydrogen-bond acceptors (Lipinski definition) is 3. The van der Waals surface area contributed by atoms with Crippen molar-refractivity contribution in [1.29, 1.82) is 0 Å². The maximum absolute atomic E-state index is 9.54. The summed E-state index contributed by atoms with van der Waals surface area (Å²) in [5, 5.41) is 9.54. The number of benzene rings is 1. The minimum atomic E-state index is -0.488. The van der Waals surface area contributed by atoms with Gasteiger partial charge in [0.2, 0.25) is 0 Å². The van der Waals surface area contributed by atoms with E-state index in [4.69, 9.17) is 10.5 Å². The lowest BCUT2D eigenvalue weighted by Gasteiger charge is -2.37. The molecule has 146 valence electrons. The van der Waals surface area contributed by atoms with E-state index in [1.54, 1.807) is 0 Å². The zero-order valence-corrected chi connectivity index (χ0v) is 17.1. The van der Waals surface area contributed by atoms with Crippen molar-refractivity contribution in [3.63, 3.8) is 0 Å². The zero-order chi connectivity index (χ0) is 18.9. The van der Waals surface area contributed by atoms with Gasteiger partial charge in [-0.3, -0.25) is 0 Å². The van der Waals surface area contributed by atoms with Crippen molar-refractivity contribution in [3.8, 4) is 5.75 Å². The first kappa shape index (κ1) is 19.7. The summed E-state index contributed by atoms with van der Waals surface area (Å²) in [6, 6.07) is 6.59. The highest BCUT2D eigenvalue weighted by atomic mass is 16.5. The molecule has 1 fully saturated rings. The second-order valence-electron chi connectivity index (χ2n) is 9.99. The number of aryl methyl sites for hydroxylation is 1. The van der Waals surface area contributed by atoms with Crippen molar-refractivity contribution in [3.05, 3.63) is 29.3 Å². The van der Waals surface area contributed by atoms with Crippen LogP contribution in [0.2, 0.25) is 0 Å². The van der Waals surface area contributed by atoms with Crippen LogP contribution in [-0.4, -0.2) is 23.4 Å². The van der Waals surface area contributed by atoms with Crippen molar-refractivity contribution in [2.45, 2.75) is 84.3 Å². The molecule has 3 N–H and O–H groups in total. The van der Waals surface area contributed by atoms with E-state index in [1.807, 2.05) is 6.92 Å². The SMILES string of the molecule is CC(C)(C)[C@H]1CC[C@H](Oc2ccc3c(c2)CC[C@H]([C@@](C)(N)CO)C3)CC1. The minimum absolute atomic E-state index is 0.0471. The van der Waals surface area contributed by atoms with E-state index >= 15 is 0 Å². The number of nitrogens with two attached hydrogens (primary N) is 1. The fourth-order valence-electron chi connectivity index (χ4n) is 4.74. The summed E-state index contributed by atoms with van der Waals surface area (Å²) >= 11 is 0. The molecule has 0 heterocycles. The van der Waals surface area contributed by atoms with Crippen molar-refractivity contribution >= 4 is 0 Å². The molecule has 26 heavy (non-hydrogen) atoms. The van der Waals surface area contributed by atoms with Gasteiger partial charge in [-0.25, -0.2) is 0 Å². The summed E-state index contributed by atoms with van der Waals surface area (Å²) in [7, 11) is 0. The lowest BCUT2D eigenvalue weighted by Crippen LogP contribution is -2.49. The maximum atomic E-state index is 9.54. The quantitative estimate of drug-likeness (QED) is 0.833. The summed E-state index contributed by atoms with van der Waals surface area (Å²) in [6.45, 7) is 9.09. The van der Waals surface area contributed by atoms with Crippen molar-refractivity contribution < 1.29 is 9.84 Å². The number of aliphatic hydroxyl groups is 1. The average molecular weight is 360 g/mol. The molecule has 0 aliphatic heterocycles. The van der Waals surface area contributed by atoms with Crippen molar-refractivity contribution in [2.75, 3.05) is 6.61 Å². The Kier molecular flexibility index (Phi) is 5.69. The molecule has 1 aromatic carbocycles. The number of aliphatic hydroxyl groups excluding tert-OH is 1. The van der Waals surface area contributed by atoms with E-state index in [9.17, 15) is 5.11 Å². The van der Waals surface area contributed by atoms with E-state index in [1.165, 1.54) is 36.8 Å². The van der Waals surface area contributed by atoms with Crippen LogP contribution in [0.3, 0.4) is 0 Å². The minimum Gasteiger partial charge on any atom is -0.490 e. The Hall–Kier alpha value is -1.06.